The minimum Gasteiger partial charge on any atom is -0.378 e. The fourth-order valence-corrected chi connectivity index (χ4v) is 7.51. The van der Waals surface area contributed by atoms with Gasteiger partial charge in [-0.15, -0.1) is 0 Å². The molecule has 6 rings (SSSR count). The third-order valence-electron chi connectivity index (χ3n) is 9.35. The largest absolute Gasteiger partial charge is 0.416 e. The molecule has 3 aromatic carbocycles. The minimum atomic E-state index is -4.34. The fraction of sp³-hybridized carbons (Fsp3) is 0.455. The zero-order valence-corrected chi connectivity index (χ0v) is 22.3. The van der Waals surface area contributed by atoms with Gasteiger partial charge >= 0.3 is 6.18 Å². The number of nitrogens with zero attached hydrogens (tertiary/aromatic N) is 1. The molecule has 2 fully saturated rings. The predicted octanol–water partition coefficient (Wildman–Crippen LogP) is 7.47. The molecule has 1 aliphatic heterocycles. The number of fused-ring (bicyclic) bond motifs is 5. The summed E-state index contributed by atoms with van der Waals surface area (Å²) in [6.45, 7) is 3.58. The zero-order chi connectivity index (χ0) is 27.0. The predicted molar refractivity (Wildman–Crippen MR) is 150 cm³/mol. The Kier molecular flexibility index (Phi) is 7.43. The van der Waals surface area contributed by atoms with Crippen LogP contribution in [0.5, 0.6) is 0 Å². The fourth-order valence-electron chi connectivity index (χ4n) is 7.51. The molecule has 0 spiro atoms. The van der Waals surface area contributed by atoms with Crippen molar-refractivity contribution in [2.24, 2.45) is 29.4 Å². The van der Waals surface area contributed by atoms with Crippen LogP contribution in [0, 0.1) is 23.7 Å². The SMILES string of the molecule is NCCCN(Cc1ccccc1)C[C@H]1CC[C@H]2[C@H](c3ccccc3)Nc3ccc(C(F)(F)F)cc3[C@H]2C2CC21. The Balaban J connectivity index is 1.30. The molecule has 206 valence electrons. The zero-order valence-electron chi connectivity index (χ0n) is 22.3. The summed E-state index contributed by atoms with van der Waals surface area (Å²) in [6.07, 6.45) is -0.139. The molecule has 39 heavy (non-hydrogen) atoms. The molecule has 3 aliphatic rings. The van der Waals surface area contributed by atoms with E-state index in [1.807, 2.05) is 6.07 Å². The average molecular weight is 534 g/mol. The molecule has 0 bridgehead atoms. The molecular formula is C33H38F3N3. The molecule has 2 aliphatic carbocycles. The Bertz CT molecular complexity index is 1250. The third-order valence-corrected chi connectivity index (χ3v) is 9.35. The summed E-state index contributed by atoms with van der Waals surface area (Å²) in [6, 6.07) is 25.5. The van der Waals surface area contributed by atoms with Crippen LogP contribution in [0.15, 0.2) is 78.9 Å². The van der Waals surface area contributed by atoms with Gasteiger partial charge in [-0.3, -0.25) is 4.90 Å². The second-order valence-electron chi connectivity index (χ2n) is 11.8. The lowest BCUT2D eigenvalue weighted by Crippen LogP contribution is -2.33. The van der Waals surface area contributed by atoms with Crippen molar-refractivity contribution >= 4 is 5.69 Å². The maximum atomic E-state index is 13.8. The quantitative estimate of drug-likeness (QED) is 0.316. The third kappa shape index (κ3) is 5.59. The number of halogens is 3. The summed E-state index contributed by atoms with van der Waals surface area (Å²) in [5.74, 6) is 1.97. The Morgan fingerprint density at radius 1 is 0.872 bits per heavy atom. The highest BCUT2D eigenvalue weighted by molar-refractivity contribution is 5.60. The Hall–Kier alpha value is -2.83. The molecule has 3 aromatic rings. The molecule has 0 aromatic heterocycles. The normalized spacial score (nSPS) is 27.6. The molecule has 6 atom stereocenters. The van der Waals surface area contributed by atoms with Gasteiger partial charge in [0.05, 0.1) is 11.6 Å². The van der Waals surface area contributed by atoms with E-state index in [0.717, 1.165) is 56.6 Å². The van der Waals surface area contributed by atoms with Gasteiger partial charge in [-0.05, 0) is 103 Å². The van der Waals surface area contributed by atoms with Crippen molar-refractivity contribution in [2.45, 2.75) is 50.4 Å². The molecule has 2 saturated carbocycles. The van der Waals surface area contributed by atoms with E-state index in [0.29, 0.717) is 24.3 Å². The summed E-state index contributed by atoms with van der Waals surface area (Å²) in [4.78, 5) is 2.56. The summed E-state index contributed by atoms with van der Waals surface area (Å²) < 4.78 is 41.3. The van der Waals surface area contributed by atoms with Gasteiger partial charge in [-0.2, -0.15) is 13.2 Å². The van der Waals surface area contributed by atoms with E-state index in [1.54, 1.807) is 6.07 Å². The Morgan fingerprint density at radius 3 is 2.33 bits per heavy atom. The van der Waals surface area contributed by atoms with Gasteiger partial charge in [0, 0.05) is 18.8 Å². The first kappa shape index (κ1) is 26.4. The highest BCUT2D eigenvalue weighted by Crippen LogP contribution is 2.64. The smallest absolute Gasteiger partial charge is 0.378 e. The van der Waals surface area contributed by atoms with E-state index < -0.39 is 11.7 Å². The average Bonchev–Trinajstić information content (AvgIpc) is 3.74. The van der Waals surface area contributed by atoms with Crippen LogP contribution in [0.3, 0.4) is 0 Å². The van der Waals surface area contributed by atoms with Crippen molar-refractivity contribution in [2.75, 3.05) is 25.0 Å². The first-order chi connectivity index (χ1) is 18.9. The van der Waals surface area contributed by atoms with Crippen LogP contribution in [0.2, 0.25) is 0 Å². The lowest BCUT2D eigenvalue weighted by molar-refractivity contribution is -0.137. The van der Waals surface area contributed by atoms with Gasteiger partial charge in [0.25, 0.3) is 0 Å². The number of rotatable bonds is 8. The number of hydrogen-bond acceptors (Lipinski definition) is 3. The highest BCUT2D eigenvalue weighted by Gasteiger charge is 2.55. The summed E-state index contributed by atoms with van der Waals surface area (Å²) >= 11 is 0. The van der Waals surface area contributed by atoms with Gasteiger partial charge in [0.1, 0.15) is 0 Å². The van der Waals surface area contributed by atoms with Crippen molar-refractivity contribution in [1.29, 1.82) is 0 Å². The van der Waals surface area contributed by atoms with Gasteiger partial charge in [-0.25, -0.2) is 0 Å². The molecule has 6 heteroatoms. The van der Waals surface area contributed by atoms with E-state index in [2.05, 4.69) is 64.8 Å². The van der Waals surface area contributed by atoms with Crippen molar-refractivity contribution in [3.63, 3.8) is 0 Å². The molecule has 0 amide bonds. The maximum absolute atomic E-state index is 13.8. The molecule has 3 N–H and O–H groups in total. The van der Waals surface area contributed by atoms with Gasteiger partial charge in [0.15, 0.2) is 0 Å². The van der Waals surface area contributed by atoms with E-state index in [-0.39, 0.29) is 17.9 Å². The first-order valence-corrected chi connectivity index (χ1v) is 14.4. The number of nitrogens with two attached hydrogens (primary N) is 1. The van der Waals surface area contributed by atoms with Crippen molar-refractivity contribution in [1.82, 2.24) is 4.90 Å². The summed E-state index contributed by atoms with van der Waals surface area (Å²) in [5, 5.41) is 3.68. The van der Waals surface area contributed by atoms with E-state index in [9.17, 15) is 13.2 Å². The number of anilines is 1. The van der Waals surface area contributed by atoms with E-state index in [4.69, 9.17) is 5.73 Å². The lowest BCUT2D eigenvalue weighted by atomic mass is 9.71. The summed E-state index contributed by atoms with van der Waals surface area (Å²) in [5.41, 5.74) is 9.64. The second-order valence-corrected chi connectivity index (χ2v) is 11.8. The van der Waals surface area contributed by atoms with Crippen LogP contribution in [-0.4, -0.2) is 24.5 Å². The minimum absolute atomic E-state index is 0.109. The molecule has 1 heterocycles. The van der Waals surface area contributed by atoms with Crippen LogP contribution < -0.4 is 11.1 Å². The molecule has 3 nitrogen and oxygen atoms in total. The lowest BCUT2D eigenvalue weighted by Gasteiger charge is -2.41. The highest BCUT2D eigenvalue weighted by atomic mass is 19.4. The van der Waals surface area contributed by atoms with Gasteiger partial charge < -0.3 is 11.1 Å². The molecular weight excluding hydrogens is 495 g/mol. The number of benzene rings is 3. The Labute approximate surface area is 229 Å². The first-order valence-electron chi connectivity index (χ1n) is 14.4. The number of nitrogens with one attached hydrogen (secondary N) is 1. The van der Waals surface area contributed by atoms with E-state index in [1.165, 1.54) is 23.3 Å². The molecule has 0 saturated heterocycles. The van der Waals surface area contributed by atoms with Crippen LogP contribution in [0.25, 0.3) is 0 Å². The molecule has 0 radical (unpaired) electrons. The standard InChI is InChI=1S/C33H38F3N3/c34-33(35,36)25-13-15-30-29(18-25)31-26(32(38-30)23-10-5-2-6-11-23)14-12-24(27-19-28(27)31)21-39(17-7-16-37)20-22-8-3-1-4-9-22/h1-6,8-11,13,15,18,24,26-28,31-32,38H,7,12,14,16-17,19-21,37H2/t24-,26-,27?,28?,31-,32+/m1/s1. The van der Waals surface area contributed by atoms with Crippen LogP contribution in [-0.2, 0) is 12.7 Å². The van der Waals surface area contributed by atoms with Crippen molar-refractivity contribution in [3.8, 4) is 0 Å². The maximum Gasteiger partial charge on any atom is 0.416 e. The molecule has 2 unspecified atom stereocenters. The van der Waals surface area contributed by atoms with Crippen LogP contribution in [0.1, 0.15) is 59.9 Å². The monoisotopic (exact) mass is 533 g/mol. The second kappa shape index (κ2) is 11.0. The number of alkyl halides is 3. The topological polar surface area (TPSA) is 41.3 Å². The van der Waals surface area contributed by atoms with Crippen molar-refractivity contribution < 1.29 is 13.2 Å². The Morgan fingerprint density at radius 2 is 1.62 bits per heavy atom. The van der Waals surface area contributed by atoms with E-state index >= 15 is 0 Å². The van der Waals surface area contributed by atoms with Crippen LogP contribution in [0.4, 0.5) is 18.9 Å². The number of hydrogen-bond donors (Lipinski definition) is 2. The van der Waals surface area contributed by atoms with Crippen LogP contribution >= 0.6 is 0 Å². The van der Waals surface area contributed by atoms with Crippen molar-refractivity contribution in [3.05, 3.63) is 101 Å². The van der Waals surface area contributed by atoms with Gasteiger partial charge in [0.2, 0.25) is 0 Å². The van der Waals surface area contributed by atoms with Gasteiger partial charge in [-0.1, -0.05) is 60.7 Å². The summed E-state index contributed by atoms with van der Waals surface area (Å²) in [7, 11) is 0.